The third kappa shape index (κ3) is 2.80. The number of carbonyl (C=O) groups excluding carboxylic acids is 1. The molecule has 0 spiro atoms. The Morgan fingerprint density at radius 3 is 2.75 bits per heavy atom. The van der Waals surface area contributed by atoms with E-state index in [1.165, 1.54) is 0 Å². The van der Waals surface area contributed by atoms with Crippen LogP contribution in [0.1, 0.15) is 38.7 Å². The van der Waals surface area contributed by atoms with Crippen molar-refractivity contribution in [1.29, 1.82) is 0 Å². The number of amides is 1. The first kappa shape index (κ1) is 14.9. The number of anilines is 1. The summed E-state index contributed by atoms with van der Waals surface area (Å²) in [6.07, 6.45) is 2.06. The zero-order chi connectivity index (χ0) is 14.8. The zero-order valence-electron chi connectivity index (χ0n) is 12.5. The highest BCUT2D eigenvalue weighted by molar-refractivity contribution is 5.88. The zero-order valence-corrected chi connectivity index (χ0v) is 12.5. The minimum Gasteiger partial charge on any atom is -0.375 e. The first-order valence-electron chi connectivity index (χ1n) is 7.18. The SMILES string of the molecule is CCC1(C)CC(Nc2ccccc2C)(C(N)=O)CCO1. The van der Waals surface area contributed by atoms with Crippen molar-refractivity contribution in [3.05, 3.63) is 29.8 Å². The molecule has 3 N–H and O–H groups in total. The molecule has 1 aliphatic heterocycles. The molecule has 0 saturated carbocycles. The Morgan fingerprint density at radius 1 is 1.45 bits per heavy atom. The van der Waals surface area contributed by atoms with Crippen LogP contribution >= 0.6 is 0 Å². The third-order valence-electron chi connectivity index (χ3n) is 4.39. The van der Waals surface area contributed by atoms with Crippen LogP contribution in [0.25, 0.3) is 0 Å². The number of nitrogens with two attached hydrogens (primary N) is 1. The lowest BCUT2D eigenvalue weighted by Gasteiger charge is -2.45. The highest BCUT2D eigenvalue weighted by Crippen LogP contribution is 2.37. The van der Waals surface area contributed by atoms with Crippen molar-refractivity contribution in [2.45, 2.75) is 51.2 Å². The lowest BCUT2D eigenvalue weighted by atomic mass is 9.78. The van der Waals surface area contributed by atoms with E-state index < -0.39 is 5.54 Å². The van der Waals surface area contributed by atoms with E-state index in [9.17, 15) is 4.79 Å². The van der Waals surface area contributed by atoms with Gasteiger partial charge < -0.3 is 15.8 Å². The molecule has 1 aromatic carbocycles. The first-order valence-corrected chi connectivity index (χ1v) is 7.18. The molecule has 2 unspecified atom stereocenters. The molecule has 4 nitrogen and oxygen atoms in total. The molecule has 4 heteroatoms. The van der Waals surface area contributed by atoms with Crippen molar-refractivity contribution in [3.8, 4) is 0 Å². The van der Waals surface area contributed by atoms with Gasteiger partial charge in [-0.15, -0.1) is 0 Å². The van der Waals surface area contributed by atoms with Crippen LogP contribution < -0.4 is 11.1 Å². The fourth-order valence-electron chi connectivity index (χ4n) is 2.83. The second-order valence-corrected chi connectivity index (χ2v) is 5.96. The van der Waals surface area contributed by atoms with Gasteiger partial charge in [0.25, 0.3) is 0 Å². The Labute approximate surface area is 120 Å². The van der Waals surface area contributed by atoms with Crippen molar-refractivity contribution < 1.29 is 9.53 Å². The van der Waals surface area contributed by atoms with E-state index in [1.807, 2.05) is 38.1 Å². The van der Waals surface area contributed by atoms with Crippen LogP contribution in [-0.2, 0) is 9.53 Å². The summed E-state index contributed by atoms with van der Waals surface area (Å²) in [4.78, 5) is 12.1. The Balaban J connectivity index is 2.31. The minimum atomic E-state index is -0.727. The van der Waals surface area contributed by atoms with Gasteiger partial charge in [-0.3, -0.25) is 4.79 Å². The van der Waals surface area contributed by atoms with E-state index in [0.29, 0.717) is 19.4 Å². The van der Waals surface area contributed by atoms with Crippen LogP contribution in [-0.4, -0.2) is 23.7 Å². The Kier molecular flexibility index (Phi) is 4.04. The summed E-state index contributed by atoms with van der Waals surface area (Å²) in [5.41, 5.74) is 6.76. The number of benzene rings is 1. The number of hydrogen-bond donors (Lipinski definition) is 2. The number of rotatable bonds is 4. The molecule has 1 heterocycles. The van der Waals surface area contributed by atoms with Gasteiger partial charge in [0.1, 0.15) is 5.54 Å². The number of hydrogen-bond acceptors (Lipinski definition) is 3. The van der Waals surface area contributed by atoms with E-state index in [1.54, 1.807) is 0 Å². The predicted molar refractivity (Wildman–Crippen MR) is 80.6 cm³/mol. The Morgan fingerprint density at radius 2 is 2.15 bits per heavy atom. The van der Waals surface area contributed by atoms with Gasteiger partial charge in [0.05, 0.1) is 12.2 Å². The van der Waals surface area contributed by atoms with E-state index in [2.05, 4.69) is 12.2 Å². The summed E-state index contributed by atoms with van der Waals surface area (Å²) >= 11 is 0. The summed E-state index contributed by atoms with van der Waals surface area (Å²) in [5, 5.41) is 3.40. The molecular weight excluding hydrogens is 252 g/mol. The first-order chi connectivity index (χ1) is 9.41. The van der Waals surface area contributed by atoms with Crippen LogP contribution in [0.15, 0.2) is 24.3 Å². The second kappa shape index (κ2) is 5.44. The lowest BCUT2D eigenvalue weighted by Crippen LogP contribution is -2.59. The topological polar surface area (TPSA) is 64.3 Å². The standard InChI is InChI=1S/C16H24N2O2/c1-4-15(3)11-16(14(17)19,9-10-20-15)18-13-8-6-5-7-12(13)2/h5-8,18H,4,9-11H2,1-3H3,(H2,17,19). The normalized spacial score (nSPS) is 29.9. The van der Waals surface area contributed by atoms with Crippen LogP contribution in [0.4, 0.5) is 5.69 Å². The second-order valence-electron chi connectivity index (χ2n) is 5.96. The highest BCUT2D eigenvalue weighted by atomic mass is 16.5. The number of primary amides is 1. The smallest absolute Gasteiger partial charge is 0.243 e. The maximum Gasteiger partial charge on any atom is 0.243 e. The van der Waals surface area contributed by atoms with Crippen molar-refractivity contribution in [1.82, 2.24) is 0 Å². The highest BCUT2D eigenvalue weighted by Gasteiger charge is 2.46. The quantitative estimate of drug-likeness (QED) is 0.888. The maximum absolute atomic E-state index is 12.1. The van der Waals surface area contributed by atoms with Gasteiger partial charge in [-0.05, 0) is 31.9 Å². The summed E-state index contributed by atoms with van der Waals surface area (Å²) in [6.45, 7) is 6.69. The molecule has 1 fully saturated rings. The number of carbonyl (C=O) groups is 1. The van der Waals surface area contributed by atoms with Gasteiger partial charge in [-0.25, -0.2) is 0 Å². The van der Waals surface area contributed by atoms with Gasteiger partial charge in [-0.1, -0.05) is 25.1 Å². The summed E-state index contributed by atoms with van der Waals surface area (Å²) in [5.74, 6) is -0.302. The molecule has 0 bridgehead atoms. The van der Waals surface area contributed by atoms with E-state index in [0.717, 1.165) is 17.7 Å². The van der Waals surface area contributed by atoms with Crippen molar-refractivity contribution >= 4 is 11.6 Å². The Bertz CT molecular complexity index is 503. The average Bonchev–Trinajstić information content (AvgIpc) is 2.41. The lowest BCUT2D eigenvalue weighted by molar-refractivity contribution is -0.135. The third-order valence-corrected chi connectivity index (χ3v) is 4.39. The van der Waals surface area contributed by atoms with Gasteiger partial charge in [0, 0.05) is 18.5 Å². The maximum atomic E-state index is 12.1. The number of ether oxygens (including phenoxy) is 1. The van der Waals surface area contributed by atoms with Crippen molar-refractivity contribution in [3.63, 3.8) is 0 Å². The van der Waals surface area contributed by atoms with Crippen LogP contribution in [0.3, 0.4) is 0 Å². The van der Waals surface area contributed by atoms with Gasteiger partial charge in [0.15, 0.2) is 0 Å². The van der Waals surface area contributed by atoms with Crippen LogP contribution in [0, 0.1) is 6.92 Å². The summed E-state index contributed by atoms with van der Waals surface area (Å²) in [7, 11) is 0. The van der Waals surface area contributed by atoms with Gasteiger partial charge in [0.2, 0.25) is 5.91 Å². The van der Waals surface area contributed by atoms with E-state index in [-0.39, 0.29) is 11.5 Å². The van der Waals surface area contributed by atoms with Crippen LogP contribution in [0.2, 0.25) is 0 Å². The molecule has 2 atom stereocenters. The summed E-state index contributed by atoms with van der Waals surface area (Å²) in [6, 6.07) is 7.95. The van der Waals surface area contributed by atoms with Crippen molar-refractivity contribution in [2.75, 3.05) is 11.9 Å². The van der Waals surface area contributed by atoms with E-state index >= 15 is 0 Å². The minimum absolute atomic E-state index is 0.302. The molecule has 1 aromatic rings. The summed E-state index contributed by atoms with van der Waals surface area (Å²) < 4.78 is 5.84. The largest absolute Gasteiger partial charge is 0.375 e. The number of para-hydroxylation sites is 1. The number of aryl methyl sites for hydroxylation is 1. The van der Waals surface area contributed by atoms with Crippen LogP contribution in [0.5, 0.6) is 0 Å². The molecule has 1 saturated heterocycles. The molecule has 20 heavy (non-hydrogen) atoms. The van der Waals surface area contributed by atoms with Gasteiger partial charge >= 0.3 is 0 Å². The fraction of sp³-hybridized carbons (Fsp3) is 0.562. The van der Waals surface area contributed by atoms with E-state index in [4.69, 9.17) is 10.5 Å². The van der Waals surface area contributed by atoms with Gasteiger partial charge in [-0.2, -0.15) is 0 Å². The molecular formula is C16H24N2O2. The predicted octanol–water partition coefficient (Wildman–Crippen LogP) is 2.61. The molecule has 1 aliphatic rings. The Hall–Kier alpha value is -1.55. The molecule has 0 aromatic heterocycles. The molecule has 0 aliphatic carbocycles. The number of nitrogens with one attached hydrogen (secondary N) is 1. The molecule has 2 rings (SSSR count). The molecule has 1 amide bonds. The average molecular weight is 276 g/mol. The molecule has 110 valence electrons. The fourth-order valence-corrected chi connectivity index (χ4v) is 2.83. The molecule has 0 radical (unpaired) electrons. The monoisotopic (exact) mass is 276 g/mol. The van der Waals surface area contributed by atoms with Crippen molar-refractivity contribution in [2.24, 2.45) is 5.73 Å².